The topological polar surface area (TPSA) is 74.7 Å². The lowest BCUT2D eigenvalue weighted by Gasteiger charge is -2.20. The molecule has 0 saturated heterocycles. The van der Waals surface area contributed by atoms with Gasteiger partial charge in [-0.1, -0.05) is 12.2 Å². The summed E-state index contributed by atoms with van der Waals surface area (Å²) in [6.07, 6.45) is 9.24. The van der Waals surface area contributed by atoms with E-state index in [4.69, 9.17) is 14.9 Å². The molecule has 0 bridgehead atoms. The van der Waals surface area contributed by atoms with Crippen LogP contribution in [0.2, 0.25) is 0 Å². The van der Waals surface area contributed by atoms with Crippen molar-refractivity contribution in [3.63, 3.8) is 0 Å². The molecule has 0 radical (unpaired) electrons. The molecule has 1 amide bonds. The predicted octanol–water partition coefficient (Wildman–Crippen LogP) is 3.76. The lowest BCUT2D eigenvalue weighted by atomic mass is 10.1. The second kappa shape index (κ2) is 10.3. The Balaban J connectivity index is 2.29. The highest BCUT2D eigenvalue weighted by molar-refractivity contribution is 6.42. The largest absolute Gasteiger partial charge is 0.493 e. The Hall–Kier alpha value is -3.02. The van der Waals surface area contributed by atoms with Crippen LogP contribution in [-0.2, 0) is 4.79 Å². The van der Waals surface area contributed by atoms with E-state index in [0.717, 1.165) is 29.8 Å². The van der Waals surface area contributed by atoms with Crippen molar-refractivity contribution in [3.8, 4) is 11.5 Å². The molecule has 1 aromatic rings. The molecule has 1 aromatic carbocycles. The Morgan fingerprint density at radius 2 is 1.93 bits per heavy atom. The molecule has 0 spiro atoms. The SMILES string of the molecule is CCN(CC)C(=O)C(=N)/C=C1/CC/C=C\C=C(\c2ccc(OC)c(OC)c2)N1. The number of nitrogens with zero attached hydrogens (tertiary/aromatic N) is 1. The monoisotopic (exact) mass is 383 g/mol. The number of rotatable bonds is 7. The van der Waals surface area contributed by atoms with E-state index in [1.165, 1.54) is 0 Å². The van der Waals surface area contributed by atoms with Gasteiger partial charge in [0.05, 0.1) is 14.2 Å². The van der Waals surface area contributed by atoms with Crippen LogP contribution in [0.1, 0.15) is 32.3 Å². The Kier molecular flexibility index (Phi) is 7.87. The maximum atomic E-state index is 12.4. The molecule has 28 heavy (non-hydrogen) atoms. The van der Waals surface area contributed by atoms with Crippen molar-refractivity contribution in [2.24, 2.45) is 0 Å². The molecule has 0 fully saturated rings. The number of hydrogen-bond donors (Lipinski definition) is 2. The first kappa shape index (κ1) is 21.3. The van der Waals surface area contributed by atoms with Crippen LogP contribution in [0.25, 0.3) is 5.70 Å². The van der Waals surface area contributed by atoms with Crippen LogP contribution in [0.5, 0.6) is 11.5 Å². The van der Waals surface area contributed by atoms with E-state index < -0.39 is 0 Å². The van der Waals surface area contributed by atoms with Gasteiger partial charge in [0, 0.05) is 30.0 Å². The van der Waals surface area contributed by atoms with Gasteiger partial charge in [-0.15, -0.1) is 0 Å². The summed E-state index contributed by atoms with van der Waals surface area (Å²) < 4.78 is 10.7. The number of carbonyl (C=O) groups excluding carboxylic acids is 1. The van der Waals surface area contributed by atoms with E-state index in [0.29, 0.717) is 24.6 Å². The van der Waals surface area contributed by atoms with Crippen LogP contribution in [0, 0.1) is 5.41 Å². The van der Waals surface area contributed by atoms with Crippen molar-refractivity contribution in [2.45, 2.75) is 26.7 Å². The fourth-order valence-electron chi connectivity index (χ4n) is 2.97. The molecule has 1 aliphatic heterocycles. The number of methoxy groups -OCH3 is 2. The van der Waals surface area contributed by atoms with Crippen LogP contribution >= 0.6 is 0 Å². The van der Waals surface area contributed by atoms with E-state index in [-0.39, 0.29) is 11.6 Å². The molecule has 1 heterocycles. The molecule has 0 atom stereocenters. The van der Waals surface area contributed by atoms with E-state index in [1.54, 1.807) is 25.2 Å². The minimum absolute atomic E-state index is 0.0117. The maximum Gasteiger partial charge on any atom is 0.271 e. The zero-order valence-electron chi connectivity index (χ0n) is 17.0. The number of nitrogens with one attached hydrogen (secondary N) is 2. The zero-order chi connectivity index (χ0) is 20.5. The molecular weight excluding hydrogens is 354 g/mol. The second-order valence-corrected chi connectivity index (χ2v) is 6.30. The van der Waals surface area contributed by atoms with Gasteiger partial charge in [0.2, 0.25) is 0 Å². The minimum Gasteiger partial charge on any atom is -0.493 e. The molecule has 6 nitrogen and oxygen atoms in total. The van der Waals surface area contributed by atoms with Crippen LogP contribution in [0.3, 0.4) is 0 Å². The molecule has 2 rings (SSSR count). The highest BCUT2D eigenvalue weighted by Gasteiger charge is 2.16. The van der Waals surface area contributed by atoms with Gasteiger partial charge in [0.25, 0.3) is 5.91 Å². The minimum atomic E-state index is -0.256. The molecule has 0 aromatic heterocycles. The summed E-state index contributed by atoms with van der Waals surface area (Å²) in [5, 5.41) is 11.6. The standard InChI is InChI=1S/C22H29N3O3/c1-5-25(6-2)22(26)18(23)15-17-10-8-7-9-11-19(24-17)16-12-13-20(27-3)21(14-16)28-4/h7,9,11-15,23-24H,5-6,8,10H2,1-4H3/b9-7-,17-15-,19-11-,23-18?. The molecule has 0 aliphatic carbocycles. The average Bonchev–Trinajstić information content (AvgIpc) is 2.70. The Labute approximate surface area is 167 Å². The second-order valence-electron chi connectivity index (χ2n) is 6.30. The third kappa shape index (κ3) is 5.25. The van der Waals surface area contributed by atoms with Crippen LogP contribution in [0.15, 0.2) is 48.2 Å². The zero-order valence-corrected chi connectivity index (χ0v) is 17.0. The van der Waals surface area contributed by atoms with E-state index >= 15 is 0 Å². The summed E-state index contributed by atoms with van der Waals surface area (Å²) in [6.45, 7) is 5.01. The first-order valence-electron chi connectivity index (χ1n) is 9.48. The number of carbonyl (C=O) groups is 1. The fraction of sp³-hybridized carbons (Fsp3) is 0.364. The predicted molar refractivity (Wildman–Crippen MR) is 113 cm³/mol. The van der Waals surface area contributed by atoms with Crippen molar-refractivity contribution >= 4 is 17.3 Å². The first-order valence-corrected chi connectivity index (χ1v) is 9.48. The number of allylic oxidation sites excluding steroid dienone is 4. The molecule has 2 N–H and O–H groups in total. The Morgan fingerprint density at radius 1 is 1.21 bits per heavy atom. The van der Waals surface area contributed by atoms with Crippen LogP contribution < -0.4 is 14.8 Å². The summed E-state index contributed by atoms with van der Waals surface area (Å²) in [6, 6.07) is 5.70. The summed E-state index contributed by atoms with van der Waals surface area (Å²) in [7, 11) is 3.21. The van der Waals surface area contributed by atoms with E-state index in [1.807, 2.05) is 44.2 Å². The maximum absolute atomic E-state index is 12.4. The Bertz CT molecular complexity index is 805. The summed E-state index contributed by atoms with van der Waals surface area (Å²) in [5.41, 5.74) is 2.61. The molecule has 0 unspecified atom stereocenters. The van der Waals surface area contributed by atoms with Gasteiger partial charge in [-0.2, -0.15) is 0 Å². The molecule has 0 saturated carbocycles. The lowest BCUT2D eigenvalue weighted by molar-refractivity contribution is -0.123. The number of ether oxygens (including phenoxy) is 2. The summed E-state index contributed by atoms with van der Waals surface area (Å²) >= 11 is 0. The molecule has 1 aliphatic rings. The van der Waals surface area contributed by atoms with Gasteiger partial charge in [-0.25, -0.2) is 0 Å². The highest BCUT2D eigenvalue weighted by Crippen LogP contribution is 2.30. The normalized spacial score (nSPS) is 18.1. The third-order valence-corrected chi connectivity index (χ3v) is 4.57. The van der Waals surface area contributed by atoms with E-state index in [9.17, 15) is 4.79 Å². The van der Waals surface area contributed by atoms with Crippen molar-refractivity contribution in [1.82, 2.24) is 10.2 Å². The number of hydrogen-bond acceptors (Lipinski definition) is 5. The van der Waals surface area contributed by atoms with Gasteiger partial charge in [-0.05, 0) is 57.0 Å². The van der Waals surface area contributed by atoms with Gasteiger partial charge in [0.1, 0.15) is 5.71 Å². The van der Waals surface area contributed by atoms with Crippen molar-refractivity contribution in [2.75, 3.05) is 27.3 Å². The van der Waals surface area contributed by atoms with E-state index in [2.05, 4.69) is 11.4 Å². The fourth-order valence-corrected chi connectivity index (χ4v) is 2.97. The Morgan fingerprint density at radius 3 is 2.57 bits per heavy atom. The number of benzene rings is 1. The lowest BCUT2D eigenvalue weighted by Crippen LogP contribution is -2.35. The molecule has 6 heteroatoms. The highest BCUT2D eigenvalue weighted by atomic mass is 16.5. The van der Waals surface area contributed by atoms with Gasteiger partial charge in [-0.3, -0.25) is 10.2 Å². The number of amides is 1. The van der Waals surface area contributed by atoms with Crippen LogP contribution in [-0.4, -0.2) is 43.8 Å². The van der Waals surface area contributed by atoms with Crippen molar-refractivity contribution < 1.29 is 14.3 Å². The average molecular weight is 383 g/mol. The molecule has 150 valence electrons. The van der Waals surface area contributed by atoms with Crippen molar-refractivity contribution in [3.05, 3.63) is 53.8 Å². The van der Waals surface area contributed by atoms with Gasteiger partial charge >= 0.3 is 0 Å². The smallest absolute Gasteiger partial charge is 0.271 e. The third-order valence-electron chi connectivity index (χ3n) is 4.57. The van der Waals surface area contributed by atoms with Gasteiger partial charge in [0.15, 0.2) is 11.5 Å². The van der Waals surface area contributed by atoms with Crippen molar-refractivity contribution in [1.29, 1.82) is 5.41 Å². The quantitative estimate of drug-likeness (QED) is 0.703. The van der Waals surface area contributed by atoms with Crippen LogP contribution in [0.4, 0.5) is 0 Å². The first-order chi connectivity index (χ1) is 13.5. The summed E-state index contributed by atoms with van der Waals surface area (Å²) in [5.74, 6) is 1.05. The van der Waals surface area contributed by atoms with Gasteiger partial charge < -0.3 is 19.7 Å². The molecular formula is C22H29N3O3. The summed E-state index contributed by atoms with van der Waals surface area (Å²) in [4.78, 5) is 14.1.